The first-order chi connectivity index (χ1) is 10.7. The Balaban J connectivity index is 2.09. The van der Waals surface area contributed by atoms with Gasteiger partial charge < -0.3 is 0 Å². The molecule has 2 aromatic rings. The van der Waals surface area contributed by atoms with E-state index in [2.05, 4.69) is 22.9 Å². The van der Waals surface area contributed by atoms with E-state index in [1.54, 1.807) is 28.1 Å². The molecule has 0 atom stereocenters. The summed E-state index contributed by atoms with van der Waals surface area (Å²) in [6.07, 6.45) is 3.18. The molecule has 22 heavy (non-hydrogen) atoms. The number of benzene rings is 1. The van der Waals surface area contributed by atoms with Gasteiger partial charge in [-0.05, 0) is 30.7 Å². The molecule has 3 nitrogen and oxygen atoms in total. The lowest BCUT2D eigenvalue weighted by Gasteiger charge is -2.13. The van der Waals surface area contributed by atoms with Gasteiger partial charge in [0, 0.05) is 22.4 Å². The van der Waals surface area contributed by atoms with Crippen molar-refractivity contribution in [3.8, 4) is 5.69 Å². The highest BCUT2D eigenvalue weighted by molar-refractivity contribution is 9.10. The third-order valence-corrected chi connectivity index (χ3v) is 6.14. The summed E-state index contributed by atoms with van der Waals surface area (Å²) in [5.74, 6) is 1.95. The molecule has 0 spiro atoms. The highest BCUT2D eigenvalue weighted by Gasteiger charge is 2.22. The molecule has 2 heterocycles. The van der Waals surface area contributed by atoms with Crippen molar-refractivity contribution >= 4 is 39.5 Å². The minimum Gasteiger partial charge on any atom is -0.268 e. The van der Waals surface area contributed by atoms with Crippen LogP contribution >= 0.6 is 39.5 Å². The van der Waals surface area contributed by atoms with E-state index in [-0.39, 0.29) is 5.56 Å². The van der Waals surface area contributed by atoms with Crippen molar-refractivity contribution < 1.29 is 0 Å². The van der Waals surface area contributed by atoms with Gasteiger partial charge >= 0.3 is 0 Å². The van der Waals surface area contributed by atoms with E-state index in [0.717, 1.165) is 56.7 Å². The highest BCUT2D eigenvalue weighted by Crippen LogP contribution is 2.30. The molecule has 0 saturated carbocycles. The van der Waals surface area contributed by atoms with Crippen molar-refractivity contribution in [1.29, 1.82) is 0 Å². The second-order valence-electron chi connectivity index (χ2n) is 5.09. The molecule has 0 saturated heterocycles. The first kappa shape index (κ1) is 16.1. The highest BCUT2D eigenvalue weighted by atomic mass is 79.9. The summed E-state index contributed by atoms with van der Waals surface area (Å²) in [6, 6.07) is 7.84. The van der Waals surface area contributed by atoms with Crippen LogP contribution in [0.3, 0.4) is 0 Å². The molecule has 1 aromatic carbocycles. The van der Waals surface area contributed by atoms with Crippen LogP contribution in [0.25, 0.3) is 5.69 Å². The van der Waals surface area contributed by atoms with Crippen molar-refractivity contribution in [3.05, 3.63) is 44.8 Å². The number of fused-ring (bicyclic) bond motifs is 1. The third kappa shape index (κ3) is 3.29. The molecule has 0 bridgehead atoms. The number of thioether (sulfide) groups is 2. The van der Waals surface area contributed by atoms with Gasteiger partial charge in [-0.25, -0.2) is 4.98 Å². The Labute approximate surface area is 147 Å². The Kier molecular flexibility index (Phi) is 5.31. The predicted molar refractivity (Wildman–Crippen MR) is 97.6 cm³/mol. The van der Waals surface area contributed by atoms with Crippen LogP contribution in [0.2, 0.25) is 0 Å². The molecule has 0 unspecified atom stereocenters. The average molecular weight is 397 g/mol. The van der Waals surface area contributed by atoms with E-state index < -0.39 is 0 Å². The van der Waals surface area contributed by atoms with Crippen molar-refractivity contribution in [3.63, 3.8) is 0 Å². The van der Waals surface area contributed by atoms with Gasteiger partial charge in [0.25, 0.3) is 5.56 Å². The Morgan fingerprint density at radius 1 is 1.36 bits per heavy atom. The van der Waals surface area contributed by atoms with Gasteiger partial charge in [0.15, 0.2) is 5.16 Å². The van der Waals surface area contributed by atoms with Crippen LogP contribution in [0.1, 0.15) is 25.5 Å². The topological polar surface area (TPSA) is 34.9 Å². The smallest absolute Gasteiger partial charge is 0.268 e. The van der Waals surface area contributed by atoms with Crippen LogP contribution in [0.4, 0.5) is 0 Å². The number of unbranched alkanes of at least 4 members (excludes halogenated alkanes) is 1. The zero-order chi connectivity index (χ0) is 15.5. The van der Waals surface area contributed by atoms with Crippen molar-refractivity contribution in [2.75, 3.05) is 11.5 Å². The minimum atomic E-state index is 0.0776. The molecule has 0 aliphatic carbocycles. The Hall–Kier alpha value is -0.720. The van der Waals surface area contributed by atoms with Gasteiger partial charge in [-0.2, -0.15) is 0 Å². The molecule has 0 amide bonds. The number of aryl methyl sites for hydroxylation is 1. The number of hydrogen-bond donors (Lipinski definition) is 0. The molecule has 0 N–H and O–H groups in total. The molecule has 116 valence electrons. The first-order valence-corrected chi connectivity index (χ1v) is 10.1. The van der Waals surface area contributed by atoms with E-state index in [9.17, 15) is 4.79 Å². The SMILES string of the molecule is CCCCSc1nc2c(c(=O)n1-c1ccc(Br)cc1)SCC2. The number of hydrogen-bond acceptors (Lipinski definition) is 4. The molecule has 1 aromatic heterocycles. The van der Waals surface area contributed by atoms with E-state index in [1.165, 1.54) is 0 Å². The van der Waals surface area contributed by atoms with E-state index >= 15 is 0 Å². The summed E-state index contributed by atoms with van der Waals surface area (Å²) in [5.41, 5.74) is 1.94. The molecule has 1 aliphatic rings. The van der Waals surface area contributed by atoms with Crippen LogP contribution in [0.15, 0.2) is 43.6 Å². The minimum absolute atomic E-state index is 0.0776. The molecule has 6 heteroatoms. The van der Waals surface area contributed by atoms with Crippen LogP contribution < -0.4 is 5.56 Å². The number of halogens is 1. The lowest BCUT2D eigenvalue weighted by molar-refractivity contribution is 0.738. The largest absolute Gasteiger partial charge is 0.272 e. The second-order valence-corrected chi connectivity index (χ2v) is 8.17. The first-order valence-electron chi connectivity index (χ1n) is 7.38. The summed E-state index contributed by atoms with van der Waals surface area (Å²) in [6.45, 7) is 2.18. The van der Waals surface area contributed by atoms with Crippen molar-refractivity contribution in [2.24, 2.45) is 0 Å². The quantitative estimate of drug-likeness (QED) is 0.422. The van der Waals surface area contributed by atoms with Crippen molar-refractivity contribution in [2.45, 2.75) is 36.2 Å². The zero-order valence-corrected chi connectivity index (χ0v) is 15.6. The number of aromatic nitrogens is 2. The van der Waals surface area contributed by atoms with Crippen molar-refractivity contribution in [1.82, 2.24) is 9.55 Å². The average Bonchev–Trinajstić information content (AvgIpc) is 2.98. The molecule has 3 rings (SSSR count). The lowest BCUT2D eigenvalue weighted by atomic mass is 10.3. The maximum atomic E-state index is 12.9. The fourth-order valence-corrected chi connectivity index (χ4v) is 4.72. The fourth-order valence-electron chi connectivity index (χ4n) is 2.31. The molecule has 1 aliphatic heterocycles. The van der Waals surface area contributed by atoms with Crippen LogP contribution in [0, 0.1) is 0 Å². The summed E-state index contributed by atoms with van der Waals surface area (Å²) >= 11 is 6.75. The second kappa shape index (κ2) is 7.23. The van der Waals surface area contributed by atoms with Crippen LogP contribution in [-0.4, -0.2) is 21.1 Å². The summed E-state index contributed by atoms with van der Waals surface area (Å²) in [5, 5.41) is 0.821. The molecule has 0 fully saturated rings. The molecular formula is C16H17BrN2OS2. The van der Waals surface area contributed by atoms with Gasteiger partial charge in [-0.15, -0.1) is 11.8 Å². The fraction of sp³-hybridized carbons (Fsp3) is 0.375. The zero-order valence-electron chi connectivity index (χ0n) is 12.3. The normalized spacial score (nSPS) is 13.4. The van der Waals surface area contributed by atoms with Gasteiger partial charge in [-0.1, -0.05) is 41.0 Å². The molecular weight excluding hydrogens is 380 g/mol. The summed E-state index contributed by atoms with van der Waals surface area (Å²) in [7, 11) is 0. The van der Waals surface area contributed by atoms with E-state index in [1.807, 2.05) is 24.3 Å². The van der Waals surface area contributed by atoms with Gasteiger partial charge in [0.05, 0.1) is 16.3 Å². The Morgan fingerprint density at radius 2 is 2.14 bits per heavy atom. The molecule has 0 radical (unpaired) electrons. The van der Waals surface area contributed by atoms with Crippen LogP contribution in [-0.2, 0) is 6.42 Å². The maximum absolute atomic E-state index is 12.9. The summed E-state index contributed by atoms with van der Waals surface area (Å²) < 4.78 is 2.78. The van der Waals surface area contributed by atoms with E-state index in [4.69, 9.17) is 4.98 Å². The van der Waals surface area contributed by atoms with Gasteiger partial charge in [-0.3, -0.25) is 9.36 Å². The monoisotopic (exact) mass is 396 g/mol. The van der Waals surface area contributed by atoms with Gasteiger partial charge in [0.2, 0.25) is 0 Å². The van der Waals surface area contributed by atoms with E-state index in [0.29, 0.717) is 0 Å². The standard InChI is InChI=1S/C16H17BrN2OS2/c1-2-3-9-22-16-18-13-8-10-21-14(13)15(20)19(16)12-6-4-11(17)5-7-12/h4-7H,2-3,8-10H2,1H3. The number of nitrogens with zero attached hydrogens (tertiary/aromatic N) is 2. The maximum Gasteiger partial charge on any atom is 0.272 e. The number of rotatable bonds is 5. The third-order valence-electron chi connectivity index (χ3n) is 3.48. The van der Waals surface area contributed by atoms with Gasteiger partial charge in [0.1, 0.15) is 0 Å². The Bertz CT molecular complexity index is 728. The summed E-state index contributed by atoms with van der Waals surface area (Å²) in [4.78, 5) is 18.5. The predicted octanol–water partition coefficient (Wildman–Crippen LogP) is 4.54. The Morgan fingerprint density at radius 3 is 2.86 bits per heavy atom. The lowest BCUT2D eigenvalue weighted by Crippen LogP contribution is -2.23. The van der Waals surface area contributed by atoms with Crippen LogP contribution in [0.5, 0.6) is 0 Å².